The minimum Gasteiger partial charge on any atom is -0.326 e. The van der Waals surface area contributed by atoms with Gasteiger partial charge in [-0.25, -0.2) is 4.98 Å². The Labute approximate surface area is 121 Å². The van der Waals surface area contributed by atoms with E-state index in [1.807, 2.05) is 25.1 Å². The predicted octanol–water partition coefficient (Wildman–Crippen LogP) is 3.28. The van der Waals surface area contributed by atoms with E-state index in [1.165, 1.54) is 6.42 Å². The normalized spacial score (nSPS) is 11.0. The Hall–Kier alpha value is -1.81. The number of hydrogen-bond acceptors (Lipinski definition) is 3. The highest BCUT2D eigenvalue weighted by atomic mass is 15.2. The zero-order valence-corrected chi connectivity index (χ0v) is 12.6. The summed E-state index contributed by atoms with van der Waals surface area (Å²) in [6.07, 6.45) is 4.48. The van der Waals surface area contributed by atoms with Crippen LogP contribution in [0.2, 0.25) is 0 Å². The first kappa shape index (κ1) is 14.6. The molecule has 2 aromatic rings. The predicted molar refractivity (Wildman–Crippen MR) is 84.5 cm³/mol. The lowest BCUT2D eigenvalue weighted by Gasteiger charge is -2.11. The van der Waals surface area contributed by atoms with E-state index < -0.39 is 0 Å². The van der Waals surface area contributed by atoms with Crippen molar-refractivity contribution < 1.29 is 0 Å². The molecule has 0 aliphatic rings. The second kappa shape index (κ2) is 7.10. The van der Waals surface area contributed by atoms with Gasteiger partial charge in [0.1, 0.15) is 0 Å². The number of benzene rings is 1. The Bertz CT molecular complexity index is 517. The Morgan fingerprint density at radius 2 is 1.90 bits per heavy atom. The minimum absolute atomic E-state index is 0.929. The fourth-order valence-corrected chi connectivity index (χ4v) is 2.18. The number of nitrogens with zero attached hydrogens (tertiary/aromatic N) is 3. The lowest BCUT2D eigenvalue weighted by Crippen LogP contribution is -2.13. The molecule has 0 bridgehead atoms. The average Bonchev–Trinajstić information content (AvgIpc) is 2.76. The number of para-hydroxylation sites is 1. The average molecular weight is 272 g/mol. The third-order valence-corrected chi connectivity index (χ3v) is 3.18. The third-order valence-electron chi connectivity index (χ3n) is 3.18. The molecular weight excluding hydrogens is 248 g/mol. The summed E-state index contributed by atoms with van der Waals surface area (Å²) in [6.45, 7) is 4.17. The third kappa shape index (κ3) is 4.38. The van der Waals surface area contributed by atoms with Crippen LogP contribution in [0, 0.1) is 6.92 Å². The zero-order chi connectivity index (χ0) is 14.4. The molecule has 0 spiro atoms. The molecule has 2 rings (SSSR count). The van der Waals surface area contributed by atoms with E-state index >= 15 is 0 Å². The molecule has 1 heterocycles. The second-order valence-corrected chi connectivity index (χ2v) is 5.40. The van der Waals surface area contributed by atoms with Crippen molar-refractivity contribution >= 4 is 11.6 Å². The van der Waals surface area contributed by atoms with E-state index in [4.69, 9.17) is 0 Å². The van der Waals surface area contributed by atoms with Gasteiger partial charge in [-0.05, 0) is 52.5 Å². The minimum atomic E-state index is 0.929. The van der Waals surface area contributed by atoms with E-state index in [9.17, 15) is 0 Å². The SMILES string of the molecule is Cc1cn(CCCCN(C)C)c(Nc2ccccc2)n1. The highest BCUT2D eigenvalue weighted by Crippen LogP contribution is 2.16. The van der Waals surface area contributed by atoms with Gasteiger partial charge in [0.05, 0.1) is 5.69 Å². The van der Waals surface area contributed by atoms with Gasteiger partial charge in [-0.2, -0.15) is 0 Å². The van der Waals surface area contributed by atoms with Gasteiger partial charge in [0.25, 0.3) is 0 Å². The summed E-state index contributed by atoms with van der Waals surface area (Å²) in [4.78, 5) is 6.79. The molecule has 4 heteroatoms. The molecule has 108 valence electrons. The summed E-state index contributed by atoms with van der Waals surface area (Å²) in [6, 6.07) is 10.2. The number of aromatic nitrogens is 2. The molecule has 0 atom stereocenters. The fourth-order valence-electron chi connectivity index (χ4n) is 2.18. The second-order valence-electron chi connectivity index (χ2n) is 5.40. The van der Waals surface area contributed by atoms with Crippen LogP contribution in [0.1, 0.15) is 18.5 Å². The van der Waals surface area contributed by atoms with Gasteiger partial charge in [0.2, 0.25) is 5.95 Å². The van der Waals surface area contributed by atoms with Crippen LogP contribution in [0.15, 0.2) is 36.5 Å². The quantitative estimate of drug-likeness (QED) is 0.785. The van der Waals surface area contributed by atoms with E-state index in [-0.39, 0.29) is 0 Å². The first-order valence-electron chi connectivity index (χ1n) is 7.16. The molecule has 4 nitrogen and oxygen atoms in total. The number of aryl methyl sites for hydroxylation is 2. The largest absolute Gasteiger partial charge is 0.326 e. The van der Waals surface area contributed by atoms with Gasteiger partial charge in [-0.15, -0.1) is 0 Å². The Morgan fingerprint density at radius 3 is 2.60 bits per heavy atom. The number of unbranched alkanes of at least 4 members (excludes halogenated alkanes) is 1. The maximum Gasteiger partial charge on any atom is 0.207 e. The van der Waals surface area contributed by atoms with Crippen molar-refractivity contribution in [2.24, 2.45) is 0 Å². The Kier molecular flexibility index (Phi) is 5.18. The highest BCUT2D eigenvalue weighted by molar-refractivity contribution is 5.53. The Morgan fingerprint density at radius 1 is 1.15 bits per heavy atom. The van der Waals surface area contributed by atoms with Crippen molar-refractivity contribution in [3.05, 3.63) is 42.2 Å². The van der Waals surface area contributed by atoms with E-state index in [1.54, 1.807) is 0 Å². The molecule has 0 aliphatic carbocycles. The van der Waals surface area contributed by atoms with Gasteiger partial charge in [0.15, 0.2) is 0 Å². The summed E-state index contributed by atoms with van der Waals surface area (Å²) in [5.41, 5.74) is 2.13. The molecule has 0 fully saturated rings. The van der Waals surface area contributed by atoms with Crippen LogP contribution in [0.3, 0.4) is 0 Å². The van der Waals surface area contributed by atoms with Crippen molar-refractivity contribution in [1.82, 2.24) is 14.5 Å². The van der Waals surface area contributed by atoms with Gasteiger partial charge in [-0.3, -0.25) is 0 Å². The number of rotatable bonds is 7. The smallest absolute Gasteiger partial charge is 0.207 e. The molecule has 0 radical (unpaired) electrons. The van der Waals surface area contributed by atoms with Crippen LogP contribution in [0.25, 0.3) is 0 Å². The topological polar surface area (TPSA) is 33.1 Å². The van der Waals surface area contributed by atoms with Gasteiger partial charge in [-0.1, -0.05) is 18.2 Å². The maximum absolute atomic E-state index is 4.56. The number of nitrogens with one attached hydrogen (secondary N) is 1. The maximum atomic E-state index is 4.56. The number of imidazole rings is 1. The van der Waals surface area contributed by atoms with Crippen LogP contribution in [0.4, 0.5) is 11.6 Å². The summed E-state index contributed by atoms with van der Waals surface area (Å²) >= 11 is 0. The van der Waals surface area contributed by atoms with Gasteiger partial charge >= 0.3 is 0 Å². The van der Waals surface area contributed by atoms with Crippen molar-refractivity contribution in [3.8, 4) is 0 Å². The zero-order valence-electron chi connectivity index (χ0n) is 12.6. The van der Waals surface area contributed by atoms with E-state index in [2.05, 4.69) is 52.2 Å². The highest BCUT2D eigenvalue weighted by Gasteiger charge is 2.05. The summed E-state index contributed by atoms with van der Waals surface area (Å²) in [5.74, 6) is 0.929. The van der Waals surface area contributed by atoms with E-state index in [0.717, 1.165) is 36.8 Å². The molecule has 20 heavy (non-hydrogen) atoms. The number of anilines is 2. The monoisotopic (exact) mass is 272 g/mol. The molecular formula is C16H24N4. The molecule has 1 aromatic carbocycles. The number of hydrogen-bond donors (Lipinski definition) is 1. The molecule has 0 amide bonds. The van der Waals surface area contributed by atoms with Crippen LogP contribution in [0.5, 0.6) is 0 Å². The molecule has 0 saturated carbocycles. The van der Waals surface area contributed by atoms with Crippen molar-refractivity contribution in [1.29, 1.82) is 0 Å². The van der Waals surface area contributed by atoms with Crippen LogP contribution >= 0.6 is 0 Å². The van der Waals surface area contributed by atoms with Crippen molar-refractivity contribution in [2.45, 2.75) is 26.3 Å². The molecule has 1 aromatic heterocycles. The van der Waals surface area contributed by atoms with Gasteiger partial charge < -0.3 is 14.8 Å². The molecule has 1 N–H and O–H groups in total. The summed E-state index contributed by atoms with van der Waals surface area (Å²) in [5, 5.41) is 3.38. The molecule has 0 saturated heterocycles. The summed E-state index contributed by atoms with van der Waals surface area (Å²) < 4.78 is 2.21. The van der Waals surface area contributed by atoms with Crippen molar-refractivity contribution in [2.75, 3.05) is 26.0 Å². The van der Waals surface area contributed by atoms with E-state index in [0.29, 0.717) is 0 Å². The first-order chi connectivity index (χ1) is 9.65. The van der Waals surface area contributed by atoms with Gasteiger partial charge in [0, 0.05) is 18.4 Å². The first-order valence-corrected chi connectivity index (χ1v) is 7.16. The van der Waals surface area contributed by atoms with Crippen LogP contribution in [-0.4, -0.2) is 35.1 Å². The van der Waals surface area contributed by atoms with Crippen LogP contribution < -0.4 is 5.32 Å². The Balaban J connectivity index is 1.95. The summed E-state index contributed by atoms with van der Waals surface area (Å²) in [7, 11) is 4.23. The molecule has 0 unspecified atom stereocenters. The fraction of sp³-hybridized carbons (Fsp3) is 0.438. The standard InChI is InChI=1S/C16H24N4/c1-14-13-20(12-8-7-11-19(2)3)16(17-14)18-15-9-5-4-6-10-15/h4-6,9-10,13H,7-8,11-12H2,1-3H3,(H,17,18). The van der Waals surface area contributed by atoms with Crippen LogP contribution in [-0.2, 0) is 6.54 Å². The molecule has 0 aliphatic heterocycles. The van der Waals surface area contributed by atoms with Crippen molar-refractivity contribution in [3.63, 3.8) is 0 Å². The lowest BCUT2D eigenvalue weighted by atomic mass is 10.3. The lowest BCUT2D eigenvalue weighted by molar-refractivity contribution is 0.388.